The van der Waals surface area contributed by atoms with Crippen LogP contribution in [-0.2, 0) is 19.4 Å². The predicted molar refractivity (Wildman–Crippen MR) is 98.6 cm³/mol. The number of hydrogen-bond donors (Lipinski definition) is 0. The van der Waals surface area contributed by atoms with Crippen molar-refractivity contribution in [3.8, 4) is 0 Å². The molecule has 0 unspecified atom stereocenters. The van der Waals surface area contributed by atoms with Gasteiger partial charge in [-0.25, -0.2) is 9.67 Å². The standard InChI is InChI=1S/C19H22N6O/c1-13-8-18(25-17(21-13)6-7-20-25)23-10-14(11-23)12-24-19(26)9-15-4-2-3-5-16(15)22-24/h6-9,14H,2-5,10-12H2,1H3. The highest BCUT2D eigenvalue weighted by Crippen LogP contribution is 2.26. The zero-order chi connectivity index (χ0) is 17.7. The second kappa shape index (κ2) is 5.93. The third kappa shape index (κ3) is 2.58. The summed E-state index contributed by atoms with van der Waals surface area (Å²) in [5, 5.41) is 9.03. The lowest BCUT2D eigenvalue weighted by Gasteiger charge is -2.40. The second-order valence-electron chi connectivity index (χ2n) is 7.47. The molecule has 1 aliphatic heterocycles. The average Bonchev–Trinajstić information content (AvgIpc) is 3.05. The topological polar surface area (TPSA) is 68.3 Å². The molecule has 0 bridgehead atoms. The third-order valence-corrected chi connectivity index (χ3v) is 5.45. The molecule has 0 spiro atoms. The summed E-state index contributed by atoms with van der Waals surface area (Å²) in [5.74, 6) is 1.50. The molecule has 0 radical (unpaired) electrons. The summed E-state index contributed by atoms with van der Waals surface area (Å²) in [6.07, 6.45) is 6.12. The zero-order valence-corrected chi connectivity index (χ0v) is 14.9. The van der Waals surface area contributed by atoms with Crippen LogP contribution < -0.4 is 10.5 Å². The largest absolute Gasteiger partial charge is 0.356 e. The van der Waals surface area contributed by atoms with Crippen molar-refractivity contribution in [2.24, 2.45) is 5.92 Å². The minimum absolute atomic E-state index is 0.0401. The Bertz CT molecular complexity index is 1030. The van der Waals surface area contributed by atoms with Crippen LogP contribution in [0.5, 0.6) is 0 Å². The Morgan fingerprint density at radius 1 is 1.19 bits per heavy atom. The molecule has 7 nitrogen and oxygen atoms in total. The number of anilines is 1. The van der Waals surface area contributed by atoms with Gasteiger partial charge in [0.1, 0.15) is 5.82 Å². The molecule has 0 aromatic carbocycles. The smallest absolute Gasteiger partial charge is 0.267 e. The SMILES string of the molecule is Cc1cc(N2CC(Cn3nc4c(cc3=O)CCCC4)C2)n2nccc2n1. The van der Waals surface area contributed by atoms with Gasteiger partial charge in [-0.05, 0) is 38.2 Å². The van der Waals surface area contributed by atoms with Crippen molar-refractivity contribution in [1.29, 1.82) is 0 Å². The molecule has 0 saturated carbocycles. The fourth-order valence-corrected chi connectivity index (χ4v) is 4.09. The van der Waals surface area contributed by atoms with Gasteiger partial charge in [0.2, 0.25) is 0 Å². The molecule has 3 aromatic heterocycles. The summed E-state index contributed by atoms with van der Waals surface area (Å²) in [4.78, 5) is 19.2. The van der Waals surface area contributed by atoms with Crippen molar-refractivity contribution >= 4 is 11.5 Å². The van der Waals surface area contributed by atoms with Crippen LogP contribution in [0.1, 0.15) is 29.8 Å². The van der Waals surface area contributed by atoms with E-state index in [1.165, 1.54) is 12.8 Å². The van der Waals surface area contributed by atoms with Crippen LogP contribution in [0.25, 0.3) is 5.65 Å². The van der Waals surface area contributed by atoms with E-state index < -0.39 is 0 Å². The molecule has 2 aliphatic rings. The number of nitrogens with zero attached hydrogens (tertiary/aromatic N) is 6. The van der Waals surface area contributed by atoms with Crippen molar-refractivity contribution in [3.05, 3.63) is 51.7 Å². The van der Waals surface area contributed by atoms with E-state index in [4.69, 9.17) is 0 Å². The minimum atomic E-state index is 0.0401. The summed E-state index contributed by atoms with van der Waals surface area (Å²) in [6, 6.07) is 5.79. The maximum atomic E-state index is 12.4. The Labute approximate surface area is 151 Å². The van der Waals surface area contributed by atoms with Gasteiger partial charge in [-0.2, -0.15) is 14.7 Å². The van der Waals surface area contributed by atoms with Crippen LogP contribution in [-0.4, -0.2) is 37.5 Å². The lowest BCUT2D eigenvalue weighted by Crippen LogP contribution is -2.50. The van der Waals surface area contributed by atoms with E-state index in [1.54, 1.807) is 16.9 Å². The summed E-state index contributed by atoms with van der Waals surface area (Å²) >= 11 is 0. The van der Waals surface area contributed by atoms with Crippen LogP contribution in [0.3, 0.4) is 0 Å². The molecule has 0 atom stereocenters. The quantitative estimate of drug-likeness (QED) is 0.718. The van der Waals surface area contributed by atoms with Crippen LogP contribution in [0.15, 0.2) is 29.2 Å². The highest BCUT2D eigenvalue weighted by atomic mass is 16.1. The summed E-state index contributed by atoms with van der Waals surface area (Å²) in [6.45, 7) is 4.51. The number of aromatic nitrogens is 5. The molecule has 0 amide bonds. The van der Waals surface area contributed by atoms with Crippen molar-refractivity contribution in [1.82, 2.24) is 24.4 Å². The molecule has 1 saturated heterocycles. The average molecular weight is 350 g/mol. The van der Waals surface area contributed by atoms with Gasteiger partial charge in [0, 0.05) is 42.9 Å². The molecular formula is C19H22N6O. The Kier molecular flexibility index (Phi) is 3.55. The lowest BCUT2D eigenvalue weighted by molar-refractivity contribution is 0.328. The number of aryl methyl sites for hydroxylation is 3. The van der Waals surface area contributed by atoms with Crippen molar-refractivity contribution < 1.29 is 0 Å². The number of hydrogen-bond acceptors (Lipinski definition) is 5. The van der Waals surface area contributed by atoms with Crippen molar-refractivity contribution in [2.75, 3.05) is 18.0 Å². The van der Waals surface area contributed by atoms with Crippen LogP contribution >= 0.6 is 0 Å². The third-order valence-electron chi connectivity index (χ3n) is 5.45. The summed E-state index contributed by atoms with van der Waals surface area (Å²) in [7, 11) is 0. The normalized spacial score (nSPS) is 17.3. The Balaban J connectivity index is 1.33. The fraction of sp³-hybridized carbons (Fsp3) is 0.474. The van der Waals surface area contributed by atoms with Crippen molar-refractivity contribution in [3.63, 3.8) is 0 Å². The molecule has 26 heavy (non-hydrogen) atoms. The molecule has 0 N–H and O–H groups in total. The van der Waals surface area contributed by atoms with E-state index in [1.807, 2.05) is 17.5 Å². The monoisotopic (exact) mass is 350 g/mol. The van der Waals surface area contributed by atoms with Gasteiger partial charge >= 0.3 is 0 Å². The maximum absolute atomic E-state index is 12.4. The first-order valence-corrected chi connectivity index (χ1v) is 9.33. The highest BCUT2D eigenvalue weighted by Gasteiger charge is 2.30. The maximum Gasteiger partial charge on any atom is 0.267 e. The van der Waals surface area contributed by atoms with Gasteiger partial charge in [0.05, 0.1) is 18.4 Å². The van der Waals surface area contributed by atoms with Gasteiger partial charge in [-0.1, -0.05) is 0 Å². The zero-order valence-electron chi connectivity index (χ0n) is 14.9. The first-order chi connectivity index (χ1) is 12.7. The highest BCUT2D eigenvalue weighted by molar-refractivity contribution is 5.52. The first kappa shape index (κ1) is 15.5. The van der Waals surface area contributed by atoms with E-state index in [-0.39, 0.29) is 5.56 Å². The van der Waals surface area contributed by atoms with E-state index in [2.05, 4.69) is 26.1 Å². The lowest BCUT2D eigenvalue weighted by atomic mass is 9.96. The van der Waals surface area contributed by atoms with Gasteiger partial charge in [-0.15, -0.1) is 0 Å². The molecule has 1 fully saturated rings. The molecule has 5 rings (SSSR count). The van der Waals surface area contributed by atoms with Crippen LogP contribution in [0.4, 0.5) is 5.82 Å². The van der Waals surface area contributed by atoms with Crippen LogP contribution in [0, 0.1) is 12.8 Å². The summed E-state index contributed by atoms with van der Waals surface area (Å²) < 4.78 is 3.56. The van der Waals surface area contributed by atoms with E-state index in [0.717, 1.165) is 54.3 Å². The fourth-order valence-electron chi connectivity index (χ4n) is 4.09. The van der Waals surface area contributed by atoms with E-state index >= 15 is 0 Å². The summed E-state index contributed by atoms with van der Waals surface area (Å²) in [5.41, 5.74) is 4.18. The van der Waals surface area contributed by atoms with Crippen molar-refractivity contribution in [2.45, 2.75) is 39.2 Å². The minimum Gasteiger partial charge on any atom is -0.356 e. The van der Waals surface area contributed by atoms with Gasteiger partial charge in [0.25, 0.3) is 5.56 Å². The molecule has 4 heterocycles. The Hall–Kier alpha value is -2.70. The molecule has 1 aliphatic carbocycles. The number of rotatable bonds is 3. The number of fused-ring (bicyclic) bond motifs is 2. The molecular weight excluding hydrogens is 328 g/mol. The Morgan fingerprint density at radius 3 is 2.92 bits per heavy atom. The first-order valence-electron chi connectivity index (χ1n) is 9.33. The van der Waals surface area contributed by atoms with Gasteiger partial charge in [-0.3, -0.25) is 4.79 Å². The van der Waals surface area contributed by atoms with E-state index in [9.17, 15) is 4.79 Å². The Morgan fingerprint density at radius 2 is 2.04 bits per heavy atom. The van der Waals surface area contributed by atoms with E-state index in [0.29, 0.717) is 12.5 Å². The molecule has 3 aromatic rings. The van der Waals surface area contributed by atoms with Gasteiger partial charge in [0.15, 0.2) is 5.65 Å². The second-order valence-corrected chi connectivity index (χ2v) is 7.47. The predicted octanol–water partition coefficient (Wildman–Crippen LogP) is 1.61. The molecule has 7 heteroatoms. The van der Waals surface area contributed by atoms with Crippen LogP contribution in [0.2, 0.25) is 0 Å². The van der Waals surface area contributed by atoms with Gasteiger partial charge < -0.3 is 4.90 Å². The molecule has 134 valence electrons.